The van der Waals surface area contributed by atoms with Gasteiger partial charge in [-0.05, 0) is 40.3 Å². The zero-order chi connectivity index (χ0) is 23.2. The fourth-order valence-corrected chi connectivity index (χ4v) is 4.10. The summed E-state index contributed by atoms with van der Waals surface area (Å²) in [7, 11) is 0. The molecule has 0 radical (unpaired) electrons. The number of hydrogen-bond donors (Lipinski definition) is 3. The number of alkyl carbamates (subject to hydrolysis) is 1. The second-order valence-corrected chi connectivity index (χ2v) is 7.78. The van der Waals surface area contributed by atoms with Gasteiger partial charge in [0.1, 0.15) is 13.2 Å². The van der Waals surface area contributed by atoms with Gasteiger partial charge in [0.15, 0.2) is 0 Å². The molecule has 168 valence electrons. The van der Waals surface area contributed by atoms with Crippen LogP contribution in [0, 0.1) is 0 Å². The Morgan fingerprint density at radius 3 is 2.12 bits per heavy atom. The third kappa shape index (κ3) is 5.20. The number of carbonyl (C=O) groups is 3. The Morgan fingerprint density at radius 2 is 1.45 bits per heavy atom. The van der Waals surface area contributed by atoms with Gasteiger partial charge in [0.2, 0.25) is 5.91 Å². The van der Waals surface area contributed by atoms with Crippen LogP contribution >= 0.6 is 0 Å². The number of aliphatic carboxylic acids is 1. The molecule has 4 rings (SSSR count). The average Bonchev–Trinajstić information content (AvgIpc) is 3.14. The van der Waals surface area contributed by atoms with Crippen LogP contribution in [0.25, 0.3) is 11.1 Å². The van der Waals surface area contributed by atoms with Gasteiger partial charge in [0, 0.05) is 18.0 Å². The van der Waals surface area contributed by atoms with Crippen molar-refractivity contribution in [2.24, 2.45) is 0 Å². The molecule has 0 bridgehead atoms. The van der Waals surface area contributed by atoms with Crippen molar-refractivity contribution >= 4 is 23.7 Å². The summed E-state index contributed by atoms with van der Waals surface area (Å²) in [6, 6.07) is 23.1. The topological polar surface area (TPSA) is 105 Å². The molecule has 1 aliphatic carbocycles. The van der Waals surface area contributed by atoms with E-state index in [1.165, 1.54) is 0 Å². The maximum Gasteiger partial charge on any atom is 0.407 e. The fourth-order valence-electron chi connectivity index (χ4n) is 4.10. The number of carbonyl (C=O) groups excluding carboxylic acids is 2. The van der Waals surface area contributed by atoms with Crippen LogP contribution in [0.3, 0.4) is 0 Å². The Bertz CT molecular complexity index is 1150. The van der Waals surface area contributed by atoms with Crippen molar-refractivity contribution in [1.29, 1.82) is 0 Å². The highest BCUT2D eigenvalue weighted by Crippen LogP contribution is 2.44. The zero-order valence-corrected chi connectivity index (χ0v) is 17.9. The lowest BCUT2D eigenvalue weighted by Gasteiger charge is -2.15. The Labute approximate surface area is 191 Å². The molecule has 0 fully saturated rings. The number of ether oxygens (including phenoxy) is 1. The van der Waals surface area contributed by atoms with Crippen LogP contribution in [0.4, 0.5) is 10.5 Å². The number of nitrogens with one attached hydrogen (secondary N) is 2. The van der Waals surface area contributed by atoms with Crippen LogP contribution in [0.1, 0.15) is 29.0 Å². The summed E-state index contributed by atoms with van der Waals surface area (Å²) in [6.45, 7) is -0.0938. The molecule has 0 spiro atoms. The van der Waals surface area contributed by atoms with Gasteiger partial charge in [-0.1, -0.05) is 66.7 Å². The smallest absolute Gasteiger partial charge is 0.407 e. The maximum atomic E-state index is 12.3. The first-order valence-electron chi connectivity index (χ1n) is 10.7. The molecule has 7 heteroatoms. The molecule has 1 aliphatic rings. The molecule has 3 aromatic rings. The van der Waals surface area contributed by atoms with Crippen LogP contribution < -0.4 is 10.6 Å². The summed E-state index contributed by atoms with van der Waals surface area (Å²) in [4.78, 5) is 35.4. The summed E-state index contributed by atoms with van der Waals surface area (Å²) in [5, 5.41) is 14.1. The monoisotopic (exact) mass is 444 g/mol. The maximum absolute atomic E-state index is 12.3. The third-order valence-electron chi connectivity index (χ3n) is 5.64. The van der Waals surface area contributed by atoms with Gasteiger partial charge in [-0.3, -0.25) is 9.59 Å². The Balaban J connectivity index is 1.30. The molecule has 0 saturated carbocycles. The van der Waals surface area contributed by atoms with Gasteiger partial charge in [0.25, 0.3) is 0 Å². The predicted octanol–water partition coefficient (Wildman–Crippen LogP) is 4.18. The van der Waals surface area contributed by atoms with E-state index in [1.807, 2.05) is 36.4 Å². The average molecular weight is 444 g/mol. The lowest BCUT2D eigenvalue weighted by Crippen LogP contribution is -2.34. The van der Waals surface area contributed by atoms with Crippen LogP contribution in [0.2, 0.25) is 0 Å². The van der Waals surface area contributed by atoms with E-state index in [-0.39, 0.29) is 25.5 Å². The van der Waals surface area contributed by atoms with Crippen molar-refractivity contribution in [2.75, 3.05) is 18.5 Å². The predicted molar refractivity (Wildman–Crippen MR) is 124 cm³/mol. The van der Waals surface area contributed by atoms with Crippen molar-refractivity contribution in [3.63, 3.8) is 0 Å². The number of anilines is 1. The second kappa shape index (κ2) is 9.99. The highest BCUT2D eigenvalue weighted by atomic mass is 16.5. The van der Waals surface area contributed by atoms with Crippen LogP contribution in [0.15, 0.2) is 72.8 Å². The molecule has 0 saturated heterocycles. The Kier molecular flexibility index (Phi) is 6.69. The number of fused-ring (bicyclic) bond motifs is 3. The highest BCUT2D eigenvalue weighted by molar-refractivity contribution is 5.94. The van der Waals surface area contributed by atoms with E-state index >= 15 is 0 Å². The summed E-state index contributed by atoms with van der Waals surface area (Å²) in [5.41, 5.74) is 5.75. The minimum atomic E-state index is -0.909. The lowest BCUT2D eigenvalue weighted by molar-refractivity contribution is -0.136. The fraction of sp³-hybridized carbons (Fsp3) is 0.192. The third-order valence-corrected chi connectivity index (χ3v) is 5.64. The normalized spacial score (nSPS) is 11.9. The summed E-state index contributed by atoms with van der Waals surface area (Å²) < 4.78 is 5.43. The van der Waals surface area contributed by atoms with Gasteiger partial charge < -0.3 is 20.5 Å². The number of para-hydroxylation sites is 1. The number of benzene rings is 3. The molecule has 0 aromatic heterocycles. The molecular weight excluding hydrogens is 420 g/mol. The van der Waals surface area contributed by atoms with E-state index in [0.717, 1.165) is 27.8 Å². The lowest BCUT2D eigenvalue weighted by atomic mass is 9.98. The minimum absolute atomic E-state index is 0.0368. The molecule has 0 aliphatic heterocycles. The van der Waals surface area contributed by atoms with E-state index in [2.05, 4.69) is 22.8 Å². The Hall–Kier alpha value is -4.13. The molecule has 0 heterocycles. The van der Waals surface area contributed by atoms with Crippen molar-refractivity contribution in [2.45, 2.75) is 18.8 Å². The molecular formula is C26H24N2O5. The van der Waals surface area contributed by atoms with Crippen molar-refractivity contribution in [3.05, 3.63) is 89.5 Å². The number of hydrogen-bond acceptors (Lipinski definition) is 4. The summed E-state index contributed by atoms with van der Waals surface area (Å²) >= 11 is 0. The number of carboxylic acid groups (broad SMARTS) is 1. The number of amides is 2. The first-order chi connectivity index (χ1) is 16.0. The van der Waals surface area contributed by atoms with E-state index < -0.39 is 18.0 Å². The van der Waals surface area contributed by atoms with Crippen LogP contribution in [0.5, 0.6) is 0 Å². The summed E-state index contributed by atoms with van der Waals surface area (Å²) in [6.07, 6.45) is -0.414. The van der Waals surface area contributed by atoms with Crippen LogP contribution in [-0.2, 0) is 20.7 Å². The molecule has 3 aromatic carbocycles. The van der Waals surface area contributed by atoms with E-state index in [0.29, 0.717) is 12.1 Å². The molecule has 7 nitrogen and oxygen atoms in total. The van der Waals surface area contributed by atoms with Gasteiger partial charge in [-0.15, -0.1) is 0 Å². The zero-order valence-electron chi connectivity index (χ0n) is 17.9. The second-order valence-electron chi connectivity index (χ2n) is 7.78. The molecule has 33 heavy (non-hydrogen) atoms. The van der Waals surface area contributed by atoms with E-state index in [4.69, 9.17) is 9.84 Å². The van der Waals surface area contributed by atoms with Gasteiger partial charge >= 0.3 is 12.1 Å². The van der Waals surface area contributed by atoms with Crippen molar-refractivity contribution in [1.82, 2.24) is 5.32 Å². The number of carboxylic acids is 1. The van der Waals surface area contributed by atoms with Gasteiger partial charge in [-0.25, -0.2) is 4.79 Å². The highest BCUT2D eigenvalue weighted by Gasteiger charge is 2.29. The molecule has 0 atom stereocenters. The van der Waals surface area contributed by atoms with E-state index in [1.54, 1.807) is 24.3 Å². The van der Waals surface area contributed by atoms with Gasteiger partial charge in [0.05, 0.1) is 0 Å². The molecule has 3 N–H and O–H groups in total. The van der Waals surface area contributed by atoms with Crippen molar-refractivity contribution in [3.8, 4) is 11.1 Å². The van der Waals surface area contributed by atoms with Crippen molar-refractivity contribution < 1.29 is 24.2 Å². The summed E-state index contributed by atoms with van der Waals surface area (Å²) in [5.74, 6) is -1.39. The first-order valence-corrected chi connectivity index (χ1v) is 10.7. The van der Waals surface area contributed by atoms with Gasteiger partial charge in [-0.2, -0.15) is 0 Å². The van der Waals surface area contributed by atoms with E-state index in [9.17, 15) is 14.4 Å². The van der Waals surface area contributed by atoms with Crippen LogP contribution in [-0.4, -0.2) is 36.2 Å². The SMILES string of the molecule is O=C(O)CCc1ccccc1NC(=O)CNC(=O)OCC1c2ccccc2-c2ccccc21. The Morgan fingerprint density at radius 1 is 0.848 bits per heavy atom. The quantitative estimate of drug-likeness (QED) is 0.483. The number of aryl methyl sites for hydroxylation is 1. The molecule has 2 amide bonds. The first kappa shape index (κ1) is 22.1. The molecule has 0 unspecified atom stereocenters. The largest absolute Gasteiger partial charge is 0.481 e. The minimum Gasteiger partial charge on any atom is -0.481 e. The standard InChI is InChI=1S/C26H24N2O5/c29-24(28-23-12-6-1-7-17(23)13-14-25(30)31)15-27-26(32)33-16-22-20-10-4-2-8-18(20)19-9-3-5-11-21(19)22/h1-12,22H,13-16H2,(H,27,32)(H,28,29)(H,30,31). The number of rotatable bonds is 8.